The molecule has 0 saturated heterocycles. The predicted octanol–water partition coefficient (Wildman–Crippen LogP) is 1.93. The smallest absolute Gasteiger partial charge is 0.271 e. The number of rotatable bonds is 5. The Labute approximate surface area is 145 Å². The fourth-order valence-electron chi connectivity index (χ4n) is 2.43. The van der Waals surface area contributed by atoms with Gasteiger partial charge in [-0.15, -0.1) is 0 Å². The number of hydrogen-bond acceptors (Lipinski definition) is 6. The highest BCUT2D eigenvalue weighted by molar-refractivity contribution is 6.10. The van der Waals surface area contributed by atoms with E-state index in [4.69, 9.17) is 19.5 Å². The maximum Gasteiger partial charge on any atom is 0.271 e. The van der Waals surface area contributed by atoms with Crippen LogP contribution in [0.25, 0.3) is 6.08 Å². The zero-order valence-corrected chi connectivity index (χ0v) is 14.2. The second-order valence-corrected chi connectivity index (χ2v) is 5.11. The van der Waals surface area contributed by atoms with E-state index in [0.29, 0.717) is 29.2 Å². The second kappa shape index (κ2) is 8.02. The Morgan fingerprint density at radius 3 is 2.36 bits per heavy atom. The van der Waals surface area contributed by atoms with E-state index in [-0.39, 0.29) is 12.1 Å². The van der Waals surface area contributed by atoms with E-state index in [1.54, 1.807) is 24.3 Å². The van der Waals surface area contributed by atoms with Crippen LogP contribution in [0.3, 0.4) is 0 Å². The van der Waals surface area contributed by atoms with Gasteiger partial charge in [0, 0.05) is 12.6 Å². The minimum absolute atomic E-state index is 0.0132. The van der Waals surface area contributed by atoms with E-state index in [1.165, 1.54) is 33.5 Å². The molecular weight excluding hydrogens is 324 g/mol. The van der Waals surface area contributed by atoms with Crippen LogP contribution in [0.5, 0.6) is 17.2 Å². The zero-order valence-electron chi connectivity index (χ0n) is 14.2. The molecule has 1 aliphatic heterocycles. The SMILES string of the molecule is COc1cc(C=CC(=O)N2CCC=C(C#N)C2=O)cc(OC)c1OC. The van der Waals surface area contributed by atoms with E-state index in [0.717, 1.165) is 4.90 Å². The van der Waals surface area contributed by atoms with Crippen molar-refractivity contribution < 1.29 is 23.8 Å². The van der Waals surface area contributed by atoms with Crippen molar-refractivity contribution in [2.45, 2.75) is 6.42 Å². The molecule has 1 aromatic rings. The van der Waals surface area contributed by atoms with Crippen LogP contribution in [0, 0.1) is 11.3 Å². The lowest BCUT2D eigenvalue weighted by atomic mass is 10.1. The van der Waals surface area contributed by atoms with Crippen molar-refractivity contribution >= 4 is 17.9 Å². The van der Waals surface area contributed by atoms with Crippen LogP contribution >= 0.6 is 0 Å². The number of amides is 2. The van der Waals surface area contributed by atoms with Gasteiger partial charge in [0.05, 0.1) is 21.3 Å². The fourth-order valence-corrected chi connectivity index (χ4v) is 2.43. The molecule has 0 bridgehead atoms. The van der Waals surface area contributed by atoms with Crippen molar-refractivity contribution in [3.05, 3.63) is 35.4 Å². The van der Waals surface area contributed by atoms with E-state index in [9.17, 15) is 9.59 Å². The molecule has 1 aromatic carbocycles. The number of ether oxygens (including phenoxy) is 3. The predicted molar refractivity (Wildman–Crippen MR) is 90.2 cm³/mol. The van der Waals surface area contributed by atoms with Crippen LogP contribution in [0.15, 0.2) is 29.9 Å². The molecule has 7 heteroatoms. The molecule has 7 nitrogen and oxygen atoms in total. The average Bonchev–Trinajstić information content (AvgIpc) is 2.65. The molecule has 1 aliphatic rings. The lowest BCUT2D eigenvalue weighted by Gasteiger charge is -2.21. The maximum atomic E-state index is 12.3. The van der Waals surface area contributed by atoms with E-state index >= 15 is 0 Å². The first-order valence-electron chi connectivity index (χ1n) is 7.49. The molecule has 0 radical (unpaired) electrons. The first-order valence-corrected chi connectivity index (χ1v) is 7.49. The van der Waals surface area contributed by atoms with Crippen LogP contribution < -0.4 is 14.2 Å². The summed E-state index contributed by atoms with van der Waals surface area (Å²) in [7, 11) is 4.50. The molecule has 2 amide bonds. The van der Waals surface area contributed by atoms with Gasteiger partial charge in [-0.3, -0.25) is 14.5 Å². The van der Waals surface area contributed by atoms with E-state index in [1.807, 2.05) is 0 Å². The monoisotopic (exact) mass is 342 g/mol. The molecule has 2 rings (SSSR count). The summed E-state index contributed by atoms with van der Waals surface area (Å²) >= 11 is 0. The third-order valence-corrected chi connectivity index (χ3v) is 3.67. The van der Waals surface area contributed by atoms with Crippen LogP contribution in [-0.2, 0) is 9.59 Å². The summed E-state index contributed by atoms with van der Waals surface area (Å²) in [4.78, 5) is 25.3. The molecular formula is C18H18N2O5. The minimum Gasteiger partial charge on any atom is -0.493 e. The highest BCUT2D eigenvalue weighted by Gasteiger charge is 2.25. The molecule has 0 atom stereocenters. The van der Waals surface area contributed by atoms with Crippen molar-refractivity contribution in [2.75, 3.05) is 27.9 Å². The molecule has 0 aliphatic carbocycles. The number of nitrogens with zero attached hydrogens (tertiary/aromatic N) is 2. The molecule has 130 valence electrons. The highest BCUT2D eigenvalue weighted by Crippen LogP contribution is 2.38. The Hall–Kier alpha value is -3.27. The van der Waals surface area contributed by atoms with Gasteiger partial charge in [0.25, 0.3) is 11.8 Å². The molecule has 0 saturated carbocycles. The first-order chi connectivity index (χ1) is 12.0. The summed E-state index contributed by atoms with van der Waals surface area (Å²) in [6.07, 6.45) is 4.83. The van der Waals surface area contributed by atoms with Crippen molar-refractivity contribution in [1.29, 1.82) is 5.26 Å². The number of nitriles is 1. The lowest BCUT2D eigenvalue weighted by molar-refractivity contribution is -0.139. The van der Waals surface area contributed by atoms with Gasteiger partial charge in [-0.1, -0.05) is 6.08 Å². The van der Waals surface area contributed by atoms with Gasteiger partial charge in [0.15, 0.2) is 11.5 Å². The van der Waals surface area contributed by atoms with Crippen LogP contribution in [0.1, 0.15) is 12.0 Å². The summed E-state index contributed by atoms with van der Waals surface area (Å²) < 4.78 is 15.8. The molecule has 0 unspecified atom stereocenters. The molecule has 0 N–H and O–H groups in total. The summed E-state index contributed by atoms with van der Waals surface area (Å²) in [5.74, 6) is 0.298. The number of benzene rings is 1. The largest absolute Gasteiger partial charge is 0.493 e. The van der Waals surface area contributed by atoms with Crippen LogP contribution in [-0.4, -0.2) is 44.6 Å². The van der Waals surface area contributed by atoms with Gasteiger partial charge >= 0.3 is 0 Å². The average molecular weight is 342 g/mol. The zero-order chi connectivity index (χ0) is 18.4. The van der Waals surface area contributed by atoms with Gasteiger partial charge in [-0.05, 0) is 30.2 Å². The first kappa shape index (κ1) is 18.1. The third kappa shape index (κ3) is 3.80. The number of carbonyl (C=O) groups is 2. The topological polar surface area (TPSA) is 88.9 Å². The number of methoxy groups -OCH3 is 3. The molecule has 0 aromatic heterocycles. The molecule has 0 fully saturated rings. The lowest BCUT2D eigenvalue weighted by Crippen LogP contribution is -2.39. The summed E-state index contributed by atoms with van der Waals surface area (Å²) in [5, 5.41) is 8.90. The Bertz CT molecular complexity index is 764. The Balaban J connectivity index is 2.24. The Kier molecular flexibility index (Phi) is 5.79. The van der Waals surface area contributed by atoms with E-state index < -0.39 is 11.8 Å². The number of hydrogen-bond donors (Lipinski definition) is 0. The Morgan fingerprint density at radius 2 is 1.84 bits per heavy atom. The van der Waals surface area contributed by atoms with Gasteiger partial charge in [0.1, 0.15) is 11.6 Å². The van der Waals surface area contributed by atoms with Crippen molar-refractivity contribution in [1.82, 2.24) is 4.90 Å². The standard InChI is InChI=1S/C18H18N2O5/c1-23-14-9-12(10-15(24-2)17(14)25-3)6-7-16(21)20-8-4-5-13(11-19)18(20)22/h5-7,9-10H,4,8H2,1-3H3. The van der Waals surface area contributed by atoms with Crippen LogP contribution in [0.4, 0.5) is 0 Å². The molecule has 1 heterocycles. The second-order valence-electron chi connectivity index (χ2n) is 5.11. The van der Waals surface area contributed by atoms with Gasteiger partial charge in [-0.2, -0.15) is 5.26 Å². The highest BCUT2D eigenvalue weighted by atomic mass is 16.5. The summed E-state index contributed by atoms with van der Waals surface area (Å²) in [6, 6.07) is 5.17. The molecule has 25 heavy (non-hydrogen) atoms. The fraction of sp³-hybridized carbons (Fsp3) is 0.278. The van der Waals surface area contributed by atoms with Gasteiger partial charge < -0.3 is 14.2 Å². The minimum atomic E-state index is -0.576. The van der Waals surface area contributed by atoms with Crippen LogP contribution in [0.2, 0.25) is 0 Å². The Morgan fingerprint density at radius 1 is 1.20 bits per heavy atom. The van der Waals surface area contributed by atoms with Crippen molar-refractivity contribution in [3.63, 3.8) is 0 Å². The number of imide groups is 1. The normalized spacial score (nSPS) is 14.1. The van der Waals surface area contributed by atoms with E-state index in [2.05, 4.69) is 0 Å². The third-order valence-electron chi connectivity index (χ3n) is 3.67. The quantitative estimate of drug-likeness (QED) is 0.760. The summed E-state index contributed by atoms with van der Waals surface area (Å²) in [5.41, 5.74) is 0.629. The van der Waals surface area contributed by atoms with Crippen molar-refractivity contribution in [2.24, 2.45) is 0 Å². The maximum absolute atomic E-state index is 12.3. The summed E-state index contributed by atoms with van der Waals surface area (Å²) in [6.45, 7) is 0.252. The van der Waals surface area contributed by atoms with Crippen molar-refractivity contribution in [3.8, 4) is 23.3 Å². The van der Waals surface area contributed by atoms with Gasteiger partial charge in [-0.25, -0.2) is 0 Å². The number of carbonyl (C=O) groups excluding carboxylic acids is 2. The van der Waals surface area contributed by atoms with Gasteiger partial charge in [0.2, 0.25) is 5.75 Å². The molecule has 0 spiro atoms.